The minimum absolute atomic E-state index is 0.129. The van der Waals surface area contributed by atoms with Crippen molar-refractivity contribution in [3.8, 4) is 23.7 Å². The molecule has 0 saturated carbocycles. The van der Waals surface area contributed by atoms with E-state index in [0.29, 0.717) is 6.42 Å². The van der Waals surface area contributed by atoms with Crippen LogP contribution in [0.5, 0.6) is 0 Å². The molecular weight excluding hydrogens is 128 g/mol. The summed E-state index contributed by atoms with van der Waals surface area (Å²) in [5, 5.41) is 16.8. The second-order valence-corrected chi connectivity index (χ2v) is 1.69. The van der Waals surface area contributed by atoms with E-state index in [9.17, 15) is 0 Å². The monoisotopic (exact) mass is 138 g/mol. The van der Waals surface area contributed by atoms with Crippen LogP contribution in [0.25, 0.3) is 0 Å². The van der Waals surface area contributed by atoms with Gasteiger partial charge in [-0.3, -0.25) is 0 Å². The maximum Gasteiger partial charge on any atom is 0.112 e. The Kier molecular flexibility index (Phi) is 5.57. The van der Waals surface area contributed by atoms with Crippen molar-refractivity contribution in [1.82, 2.24) is 0 Å². The molecule has 1 atom stereocenters. The van der Waals surface area contributed by atoms with Gasteiger partial charge in [0.1, 0.15) is 12.7 Å². The molecule has 0 aliphatic heterocycles. The molecule has 0 radical (unpaired) electrons. The molecule has 0 bridgehead atoms. The van der Waals surface area contributed by atoms with Gasteiger partial charge in [-0.05, 0) is 6.92 Å². The van der Waals surface area contributed by atoms with Crippen LogP contribution in [0.15, 0.2) is 0 Å². The molecule has 2 N–H and O–H groups in total. The third-order valence-corrected chi connectivity index (χ3v) is 0.692. The van der Waals surface area contributed by atoms with Crippen molar-refractivity contribution in [2.24, 2.45) is 0 Å². The Morgan fingerprint density at radius 3 is 2.50 bits per heavy atom. The van der Waals surface area contributed by atoms with Gasteiger partial charge in [-0.1, -0.05) is 23.7 Å². The summed E-state index contributed by atoms with van der Waals surface area (Å²) >= 11 is 0. The van der Waals surface area contributed by atoms with E-state index in [0.717, 1.165) is 0 Å². The predicted octanol–water partition coefficient (Wildman–Crippen LogP) is -0.244. The Morgan fingerprint density at radius 1 is 1.30 bits per heavy atom. The normalized spacial score (nSPS) is 10.3. The van der Waals surface area contributed by atoms with Crippen LogP contribution < -0.4 is 0 Å². The highest BCUT2D eigenvalue weighted by Crippen LogP contribution is 1.75. The molecule has 2 heteroatoms. The molecule has 10 heavy (non-hydrogen) atoms. The van der Waals surface area contributed by atoms with Gasteiger partial charge in [0.15, 0.2) is 0 Å². The molecule has 0 aromatic rings. The number of rotatable bonds is 0. The maximum atomic E-state index is 8.64. The molecule has 0 aliphatic rings. The van der Waals surface area contributed by atoms with Crippen molar-refractivity contribution in [2.45, 2.75) is 19.4 Å². The van der Waals surface area contributed by atoms with E-state index in [-0.39, 0.29) is 6.61 Å². The van der Waals surface area contributed by atoms with Crippen molar-refractivity contribution >= 4 is 0 Å². The van der Waals surface area contributed by atoms with E-state index in [1.54, 1.807) is 6.92 Å². The van der Waals surface area contributed by atoms with Gasteiger partial charge in [0, 0.05) is 0 Å². The van der Waals surface area contributed by atoms with Gasteiger partial charge in [0.25, 0.3) is 0 Å². The van der Waals surface area contributed by atoms with Crippen LogP contribution in [0.1, 0.15) is 13.3 Å². The average Bonchev–Trinajstić information content (AvgIpc) is 1.87. The quantitative estimate of drug-likeness (QED) is 0.453. The molecule has 1 unspecified atom stereocenters. The van der Waals surface area contributed by atoms with Crippen LogP contribution in [0.4, 0.5) is 0 Å². The van der Waals surface area contributed by atoms with Crippen LogP contribution >= 0.6 is 0 Å². The SMILES string of the molecule is CC(O)C#CCC#CCO. The molecular formula is C8H10O2. The second kappa shape index (κ2) is 6.16. The van der Waals surface area contributed by atoms with Crippen molar-refractivity contribution in [2.75, 3.05) is 6.61 Å². The lowest BCUT2D eigenvalue weighted by atomic mass is 10.3. The van der Waals surface area contributed by atoms with E-state index in [4.69, 9.17) is 10.2 Å². The van der Waals surface area contributed by atoms with Gasteiger partial charge in [-0.2, -0.15) is 0 Å². The second-order valence-electron chi connectivity index (χ2n) is 1.69. The minimum atomic E-state index is -0.587. The van der Waals surface area contributed by atoms with Crippen molar-refractivity contribution < 1.29 is 10.2 Å². The molecule has 0 fully saturated rings. The lowest BCUT2D eigenvalue weighted by molar-refractivity contribution is 0.253. The molecule has 0 saturated heterocycles. The summed E-state index contributed by atoms with van der Waals surface area (Å²) in [7, 11) is 0. The summed E-state index contributed by atoms with van der Waals surface area (Å²) in [4.78, 5) is 0. The Labute approximate surface area is 60.9 Å². The zero-order chi connectivity index (χ0) is 7.82. The first-order chi connectivity index (χ1) is 4.77. The highest BCUT2D eigenvalue weighted by atomic mass is 16.3. The molecule has 2 nitrogen and oxygen atoms in total. The van der Waals surface area contributed by atoms with Gasteiger partial charge < -0.3 is 10.2 Å². The Morgan fingerprint density at radius 2 is 2.00 bits per heavy atom. The van der Waals surface area contributed by atoms with Crippen molar-refractivity contribution in [3.63, 3.8) is 0 Å². The van der Waals surface area contributed by atoms with Gasteiger partial charge in [-0.25, -0.2) is 0 Å². The largest absolute Gasteiger partial charge is 0.384 e. The number of aliphatic hydroxyl groups excluding tert-OH is 2. The fourth-order valence-corrected chi connectivity index (χ4v) is 0.361. The molecule has 0 heterocycles. The summed E-state index contributed by atoms with van der Waals surface area (Å²) in [6.07, 6.45) is -0.179. The third kappa shape index (κ3) is 7.04. The third-order valence-electron chi connectivity index (χ3n) is 0.692. The molecule has 0 amide bonds. The van der Waals surface area contributed by atoms with Crippen LogP contribution in [-0.2, 0) is 0 Å². The maximum absolute atomic E-state index is 8.64. The summed E-state index contributed by atoms with van der Waals surface area (Å²) < 4.78 is 0. The Hall–Kier alpha value is -0.960. The zero-order valence-corrected chi connectivity index (χ0v) is 5.89. The topological polar surface area (TPSA) is 40.5 Å². The molecule has 0 aromatic carbocycles. The standard InChI is InChI=1S/C8H10O2/c1-8(10)6-4-2-3-5-7-9/h8-10H,2,7H2,1H3. The summed E-state index contributed by atoms with van der Waals surface area (Å²) in [5.74, 6) is 10.2. The minimum Gasteiger partial charge on any atom is -0.384 e. The van der Waals surface area contributed by atoms with E-state index in [1.807, 2.05) is 0 Å². The Balaban J connectivity index is 3.47. The van der Waals surface area contributed by atoms with Crippen molar-refractivity contribution in [3.05, 3.63) is 0 Å². The van der Waals surface area contributed by atoms with E-state index >= 15 is 0 Å². The van der Waals surface area contributed by atoms with Gasteiger partial charge in [-0.15, -0.1) is 0 Å². The van der Waals surface area contributed by atoms with Crippen LogP contribution in [0.2, 0.25) is 0 Å². The van der Waals surface area contributed by atoms with Crippen molar-refractivity contribution in [1.29, 1.82) is 0 Å². The van der Waals surface area contributed by atoms with Gasteiger partial charge >= 0.3 is 0 Å². The van der Waals surface area contributed by atoms with Gasteiger partial charge in [0.05, 0.1) is 6.42 Å². The smallest absolute Gasteiger partial charge is 0.112 e. The lowest BCUT2D eigenvalue weighted by Gasteiger charge is -1.84. The summed E-state index contributed by atoms with van der Waals surface area (Å²) in [5.41, 5.74) is 0. The number of aliphatic hydroxyl groups is 2. The number of hydrogen-bond acceptors (Lipinski definition) is 2. The first-order valence-corrected chi connectivity index (χ1v) is 3.00. The first kappa shape index (κ1) is 9.04. The highest BCUT2D eigenvalue weighted by molar-refractivity contribution is 5.12. The van der Waals surface area contributed by atoms with E-state index in [2.05, 4.69) is 23.7 Å². The van der Waals surface area contributed by atoms with Crippen LogP contribution in [0, 0.1) is 23.7 Å². The van der Waals surface area contributed by atoms with E-state index < -0.39 is 6.10 Å². The lowest BCUT2D eigenvalue weighted by Crippen LogP contribution is -1.91. The number of hydrogen-bond donors (Lipinski definition) is 2. The zero-order valence-electron chi connectivity index (χ0n) is 5.89. The van der Waals surface area contributed by atoms with E-state index in [1.165, 1.54) is 0 Å². The Bertz CT molecular complexity index is 185. The van der Waals surface area contributed by atoms with Gasteiger partial charge in [0.2, 0.25) is 0 Å². The summed E-state index contributed by atoms with van der Waals surface area (Å²) in [6.45, 7) is 1.46. The summed E-state index contributed by atoms with van der Waals surface area (Å²) in [6, 6.07) is 0. The predicted molar refractivity (Wildman–Crippen MR) is 38.9 cm³/mol. The fourth-order valence-electron chi connectivity index (χ4n) is 0.361. The first-order valence-electron chi connectivity index (χ1n) is 3.00. The molecule has 0 spiro atoms. The van der Waals surface area contributed by atoms with Crippen LogP contribution in [-0.4, -0.2) is 22.9 Å². The molecule has 0 rings (SSSR count). The fraction of sp³-hybridized carbons (Fsp3) is 0.500. The highest BCUT2D eigenvalue weighted by Gasteiger charge is 1.79. The molecule has 0 aromatic heterocycles. The molecule has 0 aliphatic carbocycles. The van der Waals surface area contributed by atoms with Crippen LogP contribution in [0.3, 0.4) is 0 Å². The molecule has 54 valence electrons. The average molecular weight is 138 g/mol.